The molecule has 3 rings (SSSR count). The molecule has 36 heavy (non-hydrogen) atoms. The molecule has 1 amide bonds. The van der Waals surface area contributed by atoms with Crippen molar-refractivity contribution in [3.05, 3.63) is 59.7 Å². The van der Waals surface area contributed by atoms with Crippen LogP contribution in [0.4, 0.5) is 8.78 Å². The van der Waals surface area contributed by atoms with Gasteiger partial charge in [0.2, 0.25) is 5.91 Å². The molecule has 0 radical (unpaired) electrons. The first-order valence-electron chi connectivity index (χ1n) is 11.8. The van der Waals surface area contributed by atoms with E-state index >= 15 is 0 Å². The van der Waals surface area contributed by atoms with Crippen LogP contribution in [0.2, 0.25) is 0 Å². The van der Waals surface area contributed by atoms with Gasteiger partial charge in [-0.25, -0.2) is 8.78 Å². The maximum Gasteiger partial charge on any atom is 0.248 e. The number of β-amino-alcohol motifs (C(OH)–C–C–N with tert-alkyl or cyclic N) is 1. The third kappa shape index (κ3) is 8.41. The van der Waals surface area contributed by atoms with Gasteiger partial charge in [0.05, 0.1) is 6.54 Å². The molecular formula is C26H35F2N3O5. The van der Waals surface area contributed by atoms with Crippen LogP contribution in [0.5, 0.6) is 11.5 Å². The van der Waals surface area contributed by atoms with Gasteiger partial charge in [-0.2, -0.15) is 0 Å². The molecule has 1 saturated heterocycles. The Hall–Kier alpha value is -2.79. The highest BCUT2D eigenvalue weighted by atomic mass is 19.1. The summed E-state index contributed by atoms with van der Waals surface area (Å²) in [6, 6.07) is 10.7. The van der Waals surface area contributed by atoms with Crippen molar-refractivity contribution in [2.24, 2.45) is 0 Å². The molecule has 1 atom stereocenters. The molecule has 1 heterocycles. The van der Waals surface area contributed by atoms with Crippen molar-refractivity contribution in [3.63, 3.8) is 0 Å². The van der Waals surface area contributed by atoms with E-state index in [4.69, 9.17) is 14.2 Å². The molecule has 2 aromatic rings. The van der Waals surface area contributed by atoms with Gasteiger partial charge in [0, 0.05) is 45.9 Å². The van der Waals surface area contributed by atoms with Gasteiger partial charge in [0.25, 0.3) is 0 Å². The molecule has 0 bridgehead atoms. The number of carbonyl (C=O) groups is 1. The Morgan fingerprint density at radius 1 is 1.11 bits per heavy atom. The number of benzene rings is 2. The van der Waals surface area contributed by atoms with Crippen LogP contribution in [0.15, 0.2) is 42.5 Å². The number of ether oxygens (including phenoxy) is 3. The Kier molecular flexibility index (Phi) is 10.0. The SMILES string of the molecule is COCC(=O)N1CCN(Cc2cccc(OCCN(C)C)c2)C[C@](O)(COc2ccc(F)cc2F)C1. The highest BCUT2D eigenvalue weighted by Gasteiger charge is 2.37. The van der Waals surface area contributed by atoms with Gasteiger partial charge < -0.3 is 29.1 Å². The van der Waals surface area contributed by atoms with E-state index in [1.54, 1.807) is 0 Å². The lowest BCUT2D eigenvalue weighted by molar-refractivity contribution is -0.138. The van der Waals surface area contributed by atoms with Gasteiger partial charge in [-0.15, -0.1) is 0 Å². The second kappa shape index (κ2) is 13.0. The molecular weight excluding hydrogens is 472 g/mol. The Morgan fingerprint density at radius 2 is 1.92 bits per heavy atom. The van der Waals surface area contributed by atoms with Crippen molar-refractivity contribution in [1.29, 1.82) is 0 Å². The van der Waals surface area contributed by atoms with Gasteiger partial charge in [-0.3, -0.25) is 9.69 Å². The first-order valence-corrected chi connectivity index (χ1v) is 11.8. The molecule has 0 unspecified atom stereocenters. The number of nitrogens with zero attached hydrogens (tertiary/aromatic N) is 3. The number of methoxy groups -OCH3 is 1. The molecule has 1 aliphatic heterocycles. The lowest BCUT2D eigenvalue weighted by Crippen LogP contribution is -2.52. The lowest BCUT2D eigenvalue weighted by Gasteiger charge is -2.33. The molecule has 0 aliphatic carbocycles. The van der Waals surface area contributed by atoms with Crippen molar-refractivity contribution in [3.8, 4) is 11.5 Å². The van der Waals surface area contributed by atoms with E-state index in [-0.39, 0.29) is 38.0 Å². The fourth-order valence-corrected chi connectivity index (χ4v) is 4.04. The second-order valence-corrected chi connectivity index (χ2v) is 9.35. The second-order valence-electron chi connectivity index (χ2n) is 9.35. The average molecular weight is 508 g/mol. The molecule has 0 saturated carbocycles. The van der Waals surface area contributed by atoms with Gasteiger partial charge in [-0.1, -0.05) is 12.1 Å². The van der Waals surface area contributed by atoms with Crippen LogP contribution in [0.1, 0.15) is 5.56 Å². The zero-order valence-corrected chi connectivity index (χ0v) is 21.1. The van der Waals surface area contributed by atoms with Crippen molar-refractivity contribution in [2.75, 3.05) is 73.7 Å². The quantitative estimate of drug-likeness (QED) is 0.499. The minimum atomic E-state index is -1.50. The van der Waals surface area contributed by atoms with Crippen molar-refractivity contribution in [2.45, 2.75) is 12.1 Å². The summed E-state index contributed by atoms with van der Waals surface area (Å²) in [4.78, 5) is 18.2. The lowest BCUT2D eigenvalue weighted by atomic mass is 10.0. The summed E-state index contributed by atoms with van der Waals surface area (Å²) in [5, 5.41) is 11.5. The number of likely N-dealkylation sites (N-methyl/N-ethyl adjacent to an activating group) is 1. The van der Waals surface area contributed by atoms with Crippen LogP contribution < -0.4 is 9.47 Å². The van der Waals surface area contributed by atoms with E-state index in [0.717, 1.165) is 30.0 Å². The number of aliphatic hydroxyl groups is 1. The van der Waals surface area contributed by atoms with Gasteiger partial charge in [0.15, 0.2) is 11.6 Å². The summed E-state index contributed by atoms with van der Waals surface area (Å²) in [7, 11) is 5.40. The summed E-state index contributed by atoms with van der Waals surface area (Å²) in [6.07, 6.45) is 0. The maximum atomic E-state index is 14.1. The molecule has 2 aromatic carbocycles. The van der Waals surface area contributed by atoms with Gasteiger partial charge in [-0.05, 0) is 43.9 Å². The molecule has 8 nitrogen and oxygen atoms in total. The van der Waals surface area contributed by atoms with Crippen LogP contribution in [0, 0.1) is 11.6 Å². The number of hydrogen-bond donors (Lipinski definition) is 1. The monoisotopic (exact) mass is 507 g/mol. The average Bonchev–Trinajstić information content (AvgIpc) is 2.97. The summed E-state index contributed by atoms with van der Waals surface area (Å²) >= 11 is 0. The standard InChI is InChI=1S/C26H35F2N3O5/c1-29(2)11-12-35-22-6-4-5-20(13-22)15-30-9-10-31(25(32)16-34-3)18-26(33,17-30)19-36-24-8-7-21(27)14-23(24)28/h4-8,13-14,33H,9-12,15-19H2,1-3H3/t26-/m1/s1. The summed E-state index contributed by atoms with van der Waals surface area (Å²) in [5.41, 5.74) is -0.512. The molecule has 1 N–H and O–H groups in total. The molecule has 1 fully saturated rings. The summed E-state index contributed by atoms with van der Waals surface area (Å²) < 4.78 is 43.7. The number of hydrogen-bond acceptors (Lipinski definition) is 7. The summed E-state index contributed by atoms with van der Waals surface area (Å²) in [5.74, 6) is -1.25. The molecule has 1 aliphatic rings. The highest BCUT2D eigenvalue weighted by molar-refractivity contribution is 5.77. The van der Waals surface area contributed by atoms with Crippen LogP contribution in [0.3, 0.4) is 0 Å². The van der Waals surface area contributed by atoms with E-state index in [9.17, 15) is 18.7 Å². The van der Waals surface area contributed by atoms with E-state index in [1.807, 2.05) is 48.2 Å². The van der Waals surface area contributed by atoms with E-state index in [1.165, 1.54) is 18.1 Å². The van der Waals surface area contributed by atoms with Crippen molar-refractivity contribution < 1.29 is 32.9 Å². The number of rotatable bonds is 11. The maximum absolute atomic E-state index is 14.1. The zero-order chi connectivity index (χ0) is 26.1. The van der Waals surface area contributed by atoms with Crippen LogP contribution in [0.25, 0.3) is 0 Å². The largest absolute Gasteiger partial charge is 0.492 e. The molecule has 10 heteroatoms. The van der Waals surface area contributed by atoms with Crippen LogP contribution in [-0.4, -0.2) is 105 Å². The van der Waals surface area contributed by atoms with Gasteiger partial charge in [0.1, 0.15) is 37.0 Å². The zero-order valence-electron chi connectivity index (χ0n) is 21.1. The van der Waals surface area contributed by atoms with E-state index < -0.39 is 17.2 Å². The third-order valence-electron chi connectivity index (χ3n) is 5.81. The van der Waals surface area contributed by atoms with Crippen LogP contribution >= 0.6 is 0 Å². The Bertz CT molecular complexity index is 1010. The summed E-state index contributed by atoms with van der Waals surface area (Å²) in [6.45, 7) is 2.53. The molecule has 0 spiro atoms. The third-order valence-corrected chi connectivity index (χ3v) is 5.81. The van der Waals surface area contributed by atoms with Crippen molar-refractivity contribution in [1.82, 2.24) is 14.7 Å². The number of amides is 1. The molecule has 198 valence electrons. The predicted octanol–water partition coefficient (Wildman–Crippen LogP) is 2.01. The van der Waals surface area contributed by atoms with Crippen LogP contribution in [-0.2, 0) is 16.1 Å². The normalized spacial score (nSPS) is 18.8. The Morgan fingerprint density at radius 3 is 2.64 bits per heavy atom. The topological polar surface area (TPSA) is 74.7 Å². The van der Waals surface area contributed by atoms with Crippen molar-refractivity contribution >= 4 is 5.91 Å². The predicted molar refractivity (Wildman–Crippen MR) is 131 cm³/mol. The number of halogens is 2. The van der Waals surface area contributed by atoms with E-state index in [2.05, 4.69) is 0 Å². The van der Waals surface area contributed by atoms with E-state index in [0.29, 0.717) is 26.2 Å². The number of carbonyl (C=O) groups excluding carboxylic acids is 1. The Labute approximate surface area is 210 Å². The molecule has 0 aromatic heterocycles. The highest BCUT2D eigenvalue weighted by Crippen LogP contribution is 2.23. The fourth-order valence-electron chi connectivity index (χ4n) is 4.04. The smallest absolute Gasteiger partial charge is 0.248 e. The minimum Gasteiger partial charge on any atom is -0.492 e. The Balaban J connectivity index is 1.73. The minimum absolute atomic E-state index is 0.0117. The first kappa shape index (κ1) is 27.8. The fraction of sp³-hybridized carbons (Fsp3) is 0.500. The van der Waals surface area contributed by atoms with Gasteiger partial charge >= 0.3 is 0 Å². The first-order chi connectivity index (χ1) is 17.2.